The molecule has 1 aromatic rings. The summed E-state index contributed by atoms with van der Waals surface area (Å²) in [6.45, 7) is 1.32. The fraction of sp³-hybridized carbons (Fsp3) is 0.200. The number of hydrogen-bond acceptors (Lipinski definition) is 2. The number of carbonyl (C=O) groups excluding carboxylic acids is 1. The molecule has 0 bridgehead atoms. The first-order valence-electron chi connectivity index (χ1n) is 4.65. The Labute approximate surface area is 102 Å². The Morgan fingerprint density at radius 3 is 2.65 bits per heavy atom. The zero-order valence-corrected chi connectivity index (χ0v) is 9.58. The van der Waals surface area contributed by atoms with Crippen molar-refractivity contribution in [2.24, 2.45) is 0 Å². The number of urea groups is 1. The number of aliphatic carboxylic acids is 1. The van der Waals surface area contributed by atoms with Crippen LogP contribution >= 0.6 is 11.6 Å². The first-order valence-corrected chi connectivity index (χ1v) is 5.03. The third-order valence-corrected chi connectivity index (χ3v) is 2.19. The van der Waals surface area contributed by atoms with Crippen molar-refractivity contribution in [1.82, 2.24) is 5.32 Å². The summed E-state index contributed by atoms with van der Waals surface area (Å²) in [6.07, 6.45) is 0. The highest BCUT2D eigenvalue weighted by atomic mass is 35.5. The lowest BCUT2D eigenvalue weighted by Gasteiger charge is -2.10. The molecule has 7 heteroatoms. The van der Waals surface area contributed by atoms with E-state index in [4.69, 9.17) is 16.7 Å². The first-order chi connectivity index (χ1) is 7.90. The molecule has 2 amide bonds. The molecule has 0 aromatic heterocycles. The number of carboxylic acids is 1. The molecular weight excluding hydrogens is 251 g/mol. The van der Waals surface area contributed by atoms with E-state index in [1.54, 1.807) is 0 Å². The van der Waals surface area contributed by atoms with Gasteiger partial charge in [0.2, 0.25) is 0 Å². The van der Waals surface area contributed by atoms with Crippen molar-refractivity contribution >= 4 is 29.3 Å². The molecule has 1 rings (SSSR count). The lowest BCUT2D eigenvalue weighted by molar-refractivity contribution is -0.138. The molecule has 0 saturated carbocycles. The molecule has 0 saturated heterocycles. The Morgan fingerprint density at radius 1 is 1.47 bits per heavy atom. The molecular formula is C10H10ClFN2O3. The molecule has 0 spiro atoms. The SMILES string of the molecule is C[C@H](NC(=O)Nc1ccc(F)c(Cl)c1)C(=O)O. The van der Waals surface area contributed by atoms with Crippen molar-refractivity contribution in [3.63, 3.8) is 0 Å². The van der Waals surface area contributed by atoms with E-state index in [0.717, 1.165) is 6.07 Å². The molecule has 17 heavy (non-hydrogen) atoms. The van der Waals surface area contributed by atoms with Gasteiger partial charge in [-0.1, -0.05) is 11.6 Å². The predicted octanol–water partition coefficient (Wildman–Crippen LogP) is 2.07. The van der Waals surface area contributed by atoms with Crippen LogP contribution in [0.25, 0.3) is 0 Å². The van der Waals surface area contributed by atoms with E-state index in [0.29, 0.717) is 0 Å². The number of carboxylic acid groups (broad SMARTS) is 1. The lowest BCUT2D eigenvalue weighted by atomic mass is 10.3. The van der Waals surface area contributed by atoms with Gasteiger partial charge in [0.15, 0.2) is 0 Å². The standard InChI is InChI=1S/C10H10ClFN2O3/c1-5(9(15)16)13-10(17)14-6-2-3-8(12)7(11)4-6/h2-5H,1H3,(H,15,16)(H2,13,14,17)/t5-/m0/s1. The van der Waals surface area contributed by atoms with E-state index in [1.165, 1.54) is 19.1 Å². The van der Waals surface area contributed by atoms with Gasteiger partial charge in [-0.15, -0.1) is 0 Å². The van der Waals surface area contributed by atoms with Crippen LogP contribution in [0.5, 0.6) is 0 Å². The topological polar surface area (TPSA) is 78.4 Å². The second kappa shape index (κ2) is 5.49. The smallest absolute Gasteiger partial charge is 0.325 e. The number of amides is 2. The summed E-state index contributed by atoms with van der Waals surface area (Å²) in [4.78, 5) is 21.8. The van der Waals surface area contributed by atoms with E-state index in [-0.39, 0.29) is 10.7 Å². The van der Waals surface area contributed by atoms with Gasteiger partial charge in [0.05, 0.1) is 5.02 Å². The first kappa shape index (κ1) is 13.2. The molecule has 1 aromatic carbocycles. The van der Waals surface area contributed by atoms with E-state index >= 15 is 0 Å². The largest absolute Gasteiger partial charge is 0.480 e. The quantitative estimate of drug-likeness (QED) is 0.778. The Hall–Kier alpha value is -1.82. The van der Waals surface area contributed by atoms with Crippen molar-refractivity contribution < 1.29 is 19.1 Å². The van der Waals surface area contributed by atoms with E-state index in [9.17, 15) is 14.0 Å². The average Bonchev–Trinajstić information content (AvgIpc) is 2.23. The van der Waals surface area contributed by atoms with Gasteiger partial charge in [-0.05, 0) is 25.1 Å². The Kier molecular flexibility index (Phi) is 4.28. The molecule has 1 atom stereocenters. The van der Waals surface area contributed by atoms with Gasteiger partial charge in [-0.3, -0.25) is 4.79 Å². The summed E-state index contributed by atoms with van der Waals surface area (Å²) in [7, 11) is 0. The molecule has 0 aliphatic heterocycles. The van der Waals surface area contributed by atoms with Gasteiger partial charge >= 0.3 is 12.0 Å². The van der Waals surface area contributed by atoms with E-state index in [1.807, 2.05) is 0 Å². The summed E-state index contributed by atoms with van der Waals surface area (Å²) >= 11 is 5.51. The normalized spacial score (nSPS) is 11.7. The maximum Gasteiger partial charge on any atom is 0.325 e. The van der Waals surface area contributed by atoms with Crippen LogP contribution in [0.1, 0.15) is 6.92 Å². The predicted molar refractivity (Wildman–Crippen MR) is 60.7 cm³/mol. The minimum atomic E-state index is -1.16. The molecule has 0 aliphatic carbocycles. The van der Waals surface area contributed by atoms with E-state index in [2.05, 4.69) is 10.6 Å². The van der Waals surface area contributed by atoms with Gasteiger partial charge in [-0.2, -0.15) is 0 Å². The van der Waals surface area contributed by atoms with Gasteiger partial charge < -0.3 is 15.7 Å². The summed E-state index contributed by atoms with van der Waals surface area (Å²) in [5, 5.41) is 12.9. The summed E-state index contributed by atoms with van der Waals surface area (Å²) < 4.78 is 12.8. The second-order valence-corrected chi connectivity index (χ2v) is 3.69. The minimum absolute atomic E-state index is 0.130. The van der Waals surface area contributed by atoms with Crippen LogP contribution in [0.3, 0.4) is 0 Å². The number of carbonyl (C=O) groups is 2. The summed E-state index contributed by atoms with van der Waals surface area (Å²) in [5.74, 6) is -1.76. The summed E-state index contributed by atoms with van der Waals surface area (Å²) in [5.41, 5.74) is 0.270. The lowest BCUT2D eigenvalue weighted by Crippen LogP contribution is -2.40. The van der Waals surface area contributed by atoms with Crippen LogP contribution in [0.2, 0.25) is 5.02 Å². The molecule has 0 aliphatic rings. The van der Waals surface area contributed by atoms with Crippen LogP contribution < -0.4 is 10.6 Å². The average molecular weight is 261 g/mol. The third-order valence-electron chi connectivity index (χ3n) is 1.90. The highest BCUT2D eigenvalue weighted by Crippen LogP contribution is 2.19. The van der Waals surface area contributed by atoms with Crippen LogP contribution in [-0.2, 0) is 4.79 Å². The third kappa shape index (κ3) is 3.92. The van der Waals surface area contributed by atoms with Gasteiger partial charge in [0, 0.05) is 5.69 Å². The zero-order valence-electron chi connectivity index (χ0n) is 8.83. The van der Waals surface area contributed by atoms with Crippen LogP contribution in [0.4, 0.5) is 14.9 Å². The number of nitrogens with one attached hydrogen (secondary N) is 2. The fourth-order valence-electron chi connectivity index (χ4n) is 0.999. The van der Waals surface area contributed by atoms with Crippen molar-refractivity contribution in [3.8, 4) is 0 Å². The Balaban J connectivity index is 2.62. The monoisotopic (exact) mass is 260 g/mol. The number of rotatable bonds is 3. The van der Waals surface area contributed by atoms with Gasteiger partial charge in [0.1, 0.15) is 11.9 Å². The fourth-order valence-corrected chi connectivity index (χ4v) is 1.18. The van der Waals surface area contributed by atoms with Crippen LogP contribution in [-0.4, -0.2) is 23.1 Å². The summed E-state index contributed by atoms with van der Waals surface area (Å²) in [6, 6.07) is 1.90. The van der Waals surface area contributed by atoms with Crippen molar-refractivity contribution in [2.75, 3.05) is 5.32 Å². The maximum atomic E-state index is 12.8. The Morgan fingerprint density at radius 2 is 2.12 bits per heavy atom. The highest BCUT2D eigenvalue weighted by molar-refractivity contribution is 6.31. The zero-order chi connectivity index (χ0) is 13.0. The number of hydrogen-bond donors (Lipinski definition) is 3. The molecule has 3 N–H and O–H groups in total. The second-order valence-electron chi connectivity index (χ2n) is 3.29. The molecule has 0 unspecified atom stereocenters. The molecule has 5 nitrogen and oxygen atoms in total. The number of anilines is 1. The van der Waals surface area contributed by atoms with Crippen molar-refractivity contribution in [1.29, 1.82) is 0 Å². The van der Waals surface area contributed by atoms with E-state index < -0.39 is 23.9 Å². The molecule has 0 heterocycles. The molecule has 0 radical (unpaired) electrons. The van der Waals surface area contributed by atoms with Crippen LogP contribution in [0, 0.1) is 5.82 Å². The van der Waals surface area contributed by atoms with Gasteiger partial charge in [0.25, 0.3) is 0 Å². The maximum absolute atomic E-state index is 12.8. The van der Waals surface area contributed by atoms with Gasteiger partial charge in [-0.25, -0.2) is 9.18 Å². The highest BCUT2D eigenvalue weighted by Gasteiger charge is 2.13. The Bertz CT molecular complexity index is 453. The molecule has 92 valence electrons. The number of benzene rings is 1. The minimum Gasteiger partial charge on any atom is -0.480 e. The van der Waals surface area contributed by atoms with Crippen molar-refractivity contribution in [2.45, 2.75) is 13.0 Å². The van der Waals surface area contributed by atoms with Crippen molar-refractivity contribution in [3.05, 3.63) is 29.0 Å². The van der Waals surface area contributed by atoms with Crippen LogP contribution in [0.15, 0.2) is 18.2 Å². The molecule has 0 fully saturated rings. The number of halogens is 2.